The highest BCUT2D eigenvalue weighted by atomic mass is 35.5. The van der Waals surface area contributed by atoms with E-state index in [2.05, 4.69) is 5.32 Å². The summed E-state index contributed by atoms with van der Waals surface area (Å²) in [5, 5.41) is 3.16. The number of unbranched alkanes of at least 4 members (excludes halogenated alkanes) is 1. The standard InChI is InChI=1S/C15H19Cl2NO4/c1-4-5-8-21-13(19)15(2,3)22-14(20)18-10-6-7-11(16)12(17)9-10/h6-7,9H,4-5,8H2,1-3H3,(H,18,20). The highest BCUT2D eigenvalue weighted by Crippen LogP contribution is 2.25. The van der Waals surface area contributed by atoms with Crippen molar-refractivity contribution in [2.24, 2.45) is 0 Å². The molecule has 7 heteroatoms. The predicted molar refractivity (Wildman–Crippen MR) is 86.5 cm³/mol. The molecule has 0 aliphatic carbocycles. The number of benzene rings is 1. The third-order valence-corrected chi connectivity index (χ3v) is 3.48. The van der Waals surface area contributed by atoms with Crippen LogP contribution in [-0.2, 0) is 14.3 Å². The molecule has 0 atom stereocenters. The van der Waals surface area contributed by atoms with Gasteiger partial charge in [0.15, 0.2) is 0 Å². The van der Waals surface area contributed by atoms with Gasteiger partial charge >= 0.3 is 12.1 Å². The second kappa shape index (κ2) is 8.25. The number of hydrogen-bond acceptors (Lipinski definition) is 4. The fourth-order valence-corrected chi connectivity index (χ4v) is 1.77. The van der Waals surface area contributed by atoms with Crippen molar-refractivity contribution in [2.45, 2.75) is 39.2 Å². The zero-order valence-corrected chi connectivity index (χ0v) is 14.3. The average Bonchev–Trinajstić information content (AvgIpc) is 2.42. The summed E-state index contributed by atoms with van der Waals surface area (Å²) >= 11 is 11.6. The van der Waals surface area contributed by atoms with Crippen molar-refractivity contribution in [2.75, 3.05) is 11.9 Å². The summed E-state index contributed by atoms with van der Waals surface area (Å²) in [7, 11) is 0. The number of ether oxygens (including phenoxy) is 2. The maximum Gasteiger partial charge on any atom is 0.412 e. The molecule has 0 spiro atoms. The maximum atomic E-state index is 11.9. The lowest BCUT2D eigenvalue weighted by molar-refractivity contribution is -0.161. The summed E-state index contributed by atoms with van der Waals surface area (Å²) in [6.45, 7) is 5.22. The van der Waals surface area contributed by atoms with Crippen molar-refractivity contribution in [1.82, 2.24) is 0 Å². The fraction of sp³-hybridized carbons (Fsp3) is 0.467. The summed E-state index contributed by atoms with van der Waals surface area (Å²) in [6.07, 6.45) is 0.889. The molecule has 22 heavy (non-hydrogen) atoms. The van der Waals surface area contributed by atoms with Crippen molar-refractivity contribution >= 4 is 41.0 Å². The Morgan fingerprint density at radius 2 is 1.91 bits per heavy atom. The molecule has 5 nitrogen and oxygen atoms in total. The van der Waals surface area contributed by atoms with Gasteiger partial charge in [0.25, 0.3) is 0 Å². The maximum absolute atomic E-state index is 11.9. The van der Waals surface area contributed by atoms with Gasteiger partial charge in [-0.05, 0) is 38.5 Å². The molecule has 0 aromatic heterocycles. The quantitative estimate of drug-likeness (QED) is 0.600. The normalized spacial score (nSPS) is 11.0. The van der Waals surface area contributed by atoms with Crippen molar-refractivity contribution in [1.29, 1.82) is 0 Å². The van der Waals surface area contributed by atoms with E-state index in [9.17, 15) is 9.59 Å². The van der Waals surface area contributed by atoms with E-state index in [-0.39, 0.29) is 0 Å². The predicted octanol–water partition coefficient (Wildman–Crippen LogP) is 4.66. The summed E-state index contributed by atoms with van der Waals surface area (Å²) in [6, 6.07) is 4.60. The van der Waals surface area contributed by atoms with Crippen LogP contribution >= 0.6 is 23.2 Å². The molecular formula is C15H19Cl2NO4. The van der Waals surface area contributed by atoms with Crippen LogP contribution in [0.15, 0.2) is 18.2 Å². The molecule has 1 amide bonds. The van der Waals surface area contributed by atoms with Crippen molar-refractivity contribution in [3.63, 3.8) is 0 Å². The molecule has 0 saturated heterocycles. The first-order chi connectivity index (χ1) is 10.3. The van der Waals surface area contributed by atoms with Gasteiger partial charge in [0.2, 0.25) is 5.60 Å². The SMILES string of the molecule is CCCCOC(=O)C(C)(C)OC(=O)Nc1ccc(Cl)c(Cl)c1. The van der Waals surface area contributed by atoms with Crippen LogP contribution in [-0.4, -0.2) is 24.3 Å². The molecule has 0 radical (unpaired) electrons. The van der Waals surface area contributed by atoms with Crippen molar-refractivity contribution < 1.29 is 19.1 Å². The summed E-state index contributed by atoms with van der Waals surface area (Å²) in [5.41, 5.74) is -0.969. The van der Waals surface area contributed by atoms with Crippen LogP contribution in [0.5, 0.6) is 0 Å². The van der Waals surface area contributed by atoms with E-state index in [4.69, 9.17) is 32.7 Å². The zero-order chi connectivity index (χ0) is 16.8. The zero-order valence-electron chi connectivity index (χ0n) is 12.7. The molecule has 0 aliphatic rings. The van der Waals surface area contributed by atoms with Gasteiger partial charge in [0.05, 0.1) is 16.7 Å². The largest absolute Gasteiger partial charge is 0.463 e. The molecular weight excluding hydrogens is 329 g/mol. The van der Waals surface area contributed by atoms with E-state index in [0.717, 1.165) is 12.8 Å². The summed E-state index contributed by atoms with van der Waals surface area (Å²) in [4.78, 5) is 23.7. The number of anilines is 1. The highest BCUT2D eigenvalue weighted by molar-refractivity contribution is 6.42. The van der Waals surface area contributed by atoms with Gasteiger partial charge in [-0.15, -0.1) is 0 Å². The Balaban J connectivity index is 2.58. The molecule has 1 aromatic rings. The first-order valence-electron chi connectivity index (χ1n) is 6.88. The molecule has 1 rings (SSSR count). The van der Waals surface area contributed by atoms with Gasteiger partial charge in [0.1, 0.15) is 0 Å². The monoisotopic (exact) mass is 347 g/mol. The Bertz CT molecular complexity index is 546. The Kier molecular flexibility index (Phi) is 6.97. The lowest BCUT2D eigenvalue weighted by Gasteiger charge is -2.23. The minimum absolute atomic E-state index is 0.302. The topological polar surface area (TPSA) is 64.6 Å². The second-order valence-electron chi connectivity index (χ2n) is 5.14. The molecule has 0 aliphatic heterocycles. The van der Waals surface area contributed by atoms with Crippen LogP contribution in [0.3, 0.4) is 0 Å². The molecule has 0 heterocycles. The number of carbonyl (C=O) groups is 2. The smallest absolute Gasteiger partial charge is 0.412 e. The number of halogens is 2. The van der Waals surface area contributed by atoms with E-state index in [0.29, 0.717) is 22.3 Å². The Hall–Kier alpha value is -1.46. The van der Waals surface area contributed by atoms with Gasteiger partial charge in [0, 0.05) is 5.69 Å². The van der Waals surface area contributed by atoms with Crippen LogP contribution in [0.25, 0.3) is 0 Å². The number of amides is 1. The lowest BCUT2D eigenvalue weighted by atomic mass is 10.1. The van der Waals surface area contributed by atoms with Crippen molar-refractivity contribution in [3.05, 3.63) is 28.2 Å². The van der Waals surface area contributed by atoms with Gasteiger partial charge in [-0.1, -0.05) is 36.5 Å². The van der Waals surface area contributed by atoms with Crippen LogP contribution < -0.4 is 5.32 Å². The van der Waals surface area contributed by atoms with Crippen LogP contribution in [0.4, 0.5) is 10.5 Å². The number of hydrogen-bond donors (Lipinski definition) is 1. The Morgan fingerprint density at radius 3 is 2.50 bits per heavy atom. The van der Waals surface area contributed by atoms with Gasteiger partial charge < -0.3 is 9.47 Å². The van der Waals surface area contributed by atoms with E-state index in [1.807, 2.05) is 6.92 Å². The molecule has 0 unspecified atom stereocenters. The summed E-state index contributed by atoms with van der Waals surface area (Å²) < 4.78 is 10.2. The number of nitrogens with one attached hydrogen (secondary N) is 1. The third kappa shape index (κ3) is 5.73. The third-order valence-electron chi connectivity index (χ3n) is 2.74. The minimum atomic E-state index is -1.38. The van der Waals surface area contributed by atoms with E-state index >= 15 is 0 Å². The van der Waals surface area contributed by atoms with Crippen LogP contribution in [0, 0.1) is 0 Å². The Labute approximate surface area is 139 Å². The first kappa shape index (κ1) is 18.6. The van der Waals surface area contributed by atoms with Crippen LogP contribution in [0.1, 0.15) is 33.6 Å². The summed E-state index contributed by atoms with van der Waals surface area (Å²) in [5.74, 6) is -0.592. The molecule has 1 aromatic carbocycles. The fourth-order valence-electron chi connectivity index (χ4n) is 1.47. The van der Waals surface area contributed by atoms with E-state index in [1.165, 1.54) is 19.9 Å². The Morgan fingerprint density at radius 1 is 1.23 bits per heavy atom. The molecule has 122 valence electrons. The lowest BCUT2D eigenvalue weighted by Crippen LogP contribution is -2.40. The second-order valence-corrected chi connectivity index (χ2v) is 5.96. The number of esters is 1. The van der Waals surface area contributed by atoms with Gasteiger partial charge in [-0.25, -0.2) is 9.59 Å². The van der Waals surface area contributed by atoms with E-state index < -0.39 is 17.7 Å². The molecule has 0 saturated carbocycles. The molecule has 0 fully saturated rings. The van der Waals surface area contributed by atoms with Crippen LogP contribution in [0.2, 0.25) is 10.0 Å². The highest BCUT2D eigenvalue weighted by Gasteiger charge is 2.33. The number of carbonyl (C=O) groups excluding carboxylic acids is 2. The van der Waals surface area contributed by atoms with E-state index in [1.54, 1.807) is 12.1 Å². The molecule has 0 bridgehead atoms. The number of rotatable bonds is 6. The van der Waals surface area contributed by atoms with Crippen molar-refractivity contribution in [3.8, 4) is 0 Å². The minimum Gasteiger partial charge on any atom is -0.463 e. The average molecular weight is 348 g/mol. The molecule has 1 N–H and O–H groups in total. The van der Waals surface area contributed by atoms with Gasteiger partial charge in [-0.3, -0.25) is 5.32 Å². The van der Waals surface area contributed by atoms with Gasteiger partial charge in [-0.2, -0.15) is 0 Å². The first-order valence-corrected chi connectivity index (χ1v) is 7.64.